The van der Waals surface area contributed by atoms with Crippen molar-refractivity contribution in [3.63, 3.8) is 0 Å². The van der Waals surface area contributed by atoms with Gasteiger partial charge in [-0.3, -0.25) is 10.1 Å². The van der Waals surface area contributed by atoms with Gasteiger partial charge in [0.05, 0.1) is 4.92 Å². The molecule has 0 aliphatic carbocycles. The van der Waals surface area contributed by atoms with Gasteiger partial charge in [-0.1, -0.05) is 33.6 Å². The van der Waals surface area contributed by atoms with Crippen LogP contribution >= 0.6 is 27.5 Å². The molecule has 0 radical (unpaired) electrons. The topological polar surface area (TPSA) is 55.2 Å². The summed E-state index contributed by atoms with van der Waals surface area (Å²) in [6.45, 7) is 2.34. The molecule has 0 unspecified atom stereocenters. The number of halogens is 2. The van der Waals surface area contributed by atoms with E-state index in [9.17, 15) is 10.1 Å². The maximum atomic E-state index is 11.0. The monoisotopic (exact) mass is 354 g/mol. The Hall–Kier alpha value is -1.59. The minimum atomic E-state index is -0.420. The summed E-state index contributed by atoms with van der Waals surface area (Å²) >= 11 is 9.25. The summed E-state index contributed by atoms with van der Waals surface area (Å²) in [7, 11) is 0. The average molecular weight is 356 g/mol. The maximum Gasteiger partial charge on any atom is 0.275 e. The van der Waals surface area contributed by atoms with Gasteiger partial charge in [-0.25, -0.2) is 0 Å². The molecular weight excluding hydrogens is 344 g/mol. The first-order chi connectivity index (χ1) is 9.49. The van der Waals surface area contributed by atoms with Crippen LogP contribution in [0.5, 0.6) is 0 Å². The van der Waals surface area contributed by atoms with Crippen LogP contribution in [0.4, 0.5) is 11.4 Å². The number of benzene rings is 2. The summed E-state index contributed by atoms with van der Waals surface area (Å²) in [6.07, 6.45) is 0. The lowest BCUT2D eigenvalue weighted by Crippen LogP contribution is -2.04. The molecule has 4 nitrogen and oxygen atoms in total. The summed E-state index contributed by atoms with van der Waals surface area (Å²) in [5.41, 5.74) is 2.61. The van der Waals surface area contributed by atoms with Crippen LogP contribution in [0.2, 0.25) is 5.02 Å². The Morgan fingerprint density at radius 2 is 2.10 bits per heavy atom. The first-order valence-corrected chi connectivity index (χ1v) is 7.08. The molecule has 0 bridgehead atoms. The number of nitro groups is 1. The number of nitrogens with one attached hydrogen (secondary N) is 1. The van der Waals surface area contributed by atoms with E-state index in [2.05, 4.69) is 21.2 Å². The van der Waals surface area contributed by atoms with Gasteiger partial charge in [0.15, 0.2) is 0 Å². The number of hydrogen-bond acceptors (Lipinski definition) is 3. The third-order valence-electron chi connectivity index (χ3n) is 2.98. The predicted molar refractivity (Wildman–Crippen MR) is 84.3 cm³/mol. The zero-order chi connectivity index (χ0) is 14.7. The van der Waals surface area contributed by atoms with Crippen molar-refractivity contribution in [2.75, 3.05) is 5.32 Å². The van der Waals surface area contributed by atoms with E-state index in [0.29, 0.717) is 17.1 Å². The van der Waals surface area contributed by atoms with Crippen molar-refractivity contribution in [2.24, 2.45) is 0 Å². The van der Waals surface area contributed by atoms with Crippen LogP contribution in [0.25, 0.3) is 0 Å². The summed E-state index contributed by atoms with van der Waals surface area (Å²) < 4.78 is 0.994. The zero-order valence-electron chi connectivity index (χ0n) is 10.7. The van der Waals surface area contributed by atoms with E-state index in [1.54, 1.807) is 12.1 Å². The Morgan fingerprint density at radius 1 is 1.35 bits per heavy atom. The molecule has 2 aromatic carbocycles. The molecule has 0 aliphatic rings. The normalized spacial score (nSPS) is 10.3. The molecule has 1 N–H and O–H groups in total. The fraction of sp³-hybridized carbons (Fsp3) is 0.143. The highest BCUT2D eigenvalue weighted by Gasteiger charge is 2.14. The van der Waals surface area contributed by atoms with E-state index < -0.39 is 4.92 Å². The van der Waals surface area contributed by atoms with Crippen molar-refractivity contribution in [2.45, 2.75) is 13.5 Å². The molecule has 104 valence electrons. The Morgan fingerprint density at radius 3 is 2.80 bits per heavy atom. The summed E-state index contributed by atoms with van der Waals surface area (Å²) in [6, 6.07) is 10.5. The molecule has 0 atom stereocenters. The second-order valence-corrected chi connectivity index (χ2v) is 5.59. The van der Waals surface area contributed by atoms with E-state index in [0.717, 1.165) is 15.7 Å². The largest absolute Gasteiger partial charge is 0.380 e. The number of nitro benzene ring substituents is 1. The number of rotatable bonds is 4. The van der Waals surface area contributed by atoms with Gasteiger partial charge in [0, 0.05) is 33.4 Å². The SMILES string of the molecule is Cc1c(Br)cccc1NCc1ccc(Cl)cc1[N+](=O)[O-]. The van der Waals surface area contributed by atoms with Gasteiger partial charge >= 0.3 is 0 Å². The molecule has 0 amide bonds. The van der Waals surface area contributed by atoms with E-state index in [1.165, 1.54) is 6.07 Å². The van der Waals surface area contributed by atoms with Gasteiger partial charge in [-0.05, 0) is 36.8 Å². The Balaban J connectivity index is 2.23. The van der Waals surface area contributed by atoms with Crippen LogP contribution in [0.3, 0.4) is 0 Å². The fourth-order valence-corrected chi connectivity index (χ4v) is 2.38. The standard InChI is InChI=1S/C14H12BrClN2O2/c1-9-12(15)3-2-4-13(9)17-8-10-5-6-11(16)7-14(10)18(19)20/h2-7,17H,8H2,1H3. The summed E-state index contributed by atoms with van der Waals surface area (Å²) in [5, 5.41) is 14.6. The third kappa shape index (κ3) is 3.29. The van der Waals surface area contributed by atoms with Crippen molar-refractivity contribution in [1.82, 2.24) is 0 Å². The van der Waals surface area contributed by atoms with Crippen molar-refractivity contribution < 1.29 is 4.92 Å². The van der Waals surface area contributed by atoms with Gasteiger partial charge in [-0.15, -0.1) is 0 Å². The zero-order valence-corrected chi connectivity index (χ0v) is 13.0. The van der Waals surface area contributed by atoms with Gasteiger partial charge in [-0.2, -0.15) is 0 Å². The molecule has 0 heterocycles. The van der Waals surface area contributed by atoms with E-state index in [1.807, 2.05) is 25.1 Å². The van der Waals surface area contributed by atoms with Crippen molar-refractivity contribution in [3.05, 3.63) is 67.1 Å². The summed E-state index contributed by atoms with van der Waals surface area (Å²) in [5.74, 6) is 0. The molecule has 0 aromatic heterocycles. The van der Waals surface area contributed by atoms with E-state index >= 15 is 0 Å². The average Bonchev–Trinajstić information content (AvgIpc) is 2.41. The van der Waals surface area contributed by atoms with Crippen LogP contribution in [-0.2, 0) is 6.54 Å². The predicted octanol–water partition coefficient (Wildman–Crippen LogP) is 4.93. The highest BCUT2D eigenvalue weighted by Crippen LogP contribution is 2.27. The van der Waals surface area contributed by atoms with E-state index in [4.69, 9.17) is 11.6 Å². The van der Waals surface area contributed by atoms with Crippen LogP contribution in [0.1, 0.15) is 11.1 Å². The molecule has 0 saturated carbocycles. The Labute approximate surface area is 130 Å². The van der Waals surface area contributed by atoms with Crippen LogP contribution in [-0.4, -0.2) is 4.92 Å². The summed E-state index contributed by atoms with van der Waals surface area (Å²) in [4.78, 5) is 10.6. The second kappa shape index (κ2) is 6.24. The number of anilines is 1. The lowest BCUT2D eigenvalue weighted by molar-refractivity contribution is -0.385. The molecular formula is C14H12BrClN2O2. The van der Waals surface area contributed by atoms with Gasteiger partial charge in [0.25, 0.3) is 5.69 Å². The van der Waals surface area contributed by atoms with Gasteiger partial charge in [0.1, 0.15) is 0 Å². The molecule has 2 rings (SSSR count). The number of nitrogens with zero attached hydrogens (tertiary/aromatic N) is 1. The first kappa shape index (κ1) is 14.8. The Kier molecular flexibility index (Phi) is 4.62. The Bertz CT molecular complexity index is 662. The second-order valence-electron chi connectivity index (χ2n) is 4.30. The van der Waals surface area contributed by atoms with Crippen molar-refractivity contribution in [3.8, 4) is 0 Å². The molecule has 0 fully saturated rings. The van der Waals surface area contributed by atoms with Crippen molar-refractivity contribution >= 4 is 38.9 Å². The third-order valence-corrected chi connectivity index (χ3v) is 4.08. The molecule has 20 heavy (non-hydrogen) atoms. The first-order valence-electron chi connectivity index (χ1n) is 5.91. The quantitative estimate of drug-likeness (QED) is 0.625. The highest BCUT2D eigenvalue weighted by atomic mass is 79.9. The van der Waals surface area contributed by atoms with Crippen LogP contribution in [0.15, 0.2) is 40.9 Å². The molecule has 0 saturated heterocycles. The maximum absolute atomic E-state index is 11.0. The van der Waals surface area contributed by atoms with Crippen LogP contribution < -0.4 is 5.32 Å². The molecule has 0 aliphatic heterocycles. The van der Waals surface area contributed by atoms with E-state index in [-0.39, 0.29) is 5.69 Å². The van der Waals surface area contributed by atoms with Crippen LogP contribution in [0, 0.1) is 17.0 Å². The molecule has 6 heteroatoms. The smallest absolute Gasteiger partial charge is 0.275 e. The minimum Gasteiger partial charge on any atom is -0.380 e. The molecule has 2 aromatic rings. The minimum absolute atomic E-state index is 0.0256. The lowest BCUT2D eigenvalue weighted by Gasteiger charge is -2.11. The lowest BCUT2D eigenvalue weighted by atomic mass is 10.1. The van der Waals surface area contributed by atoms with Gasteiger partial charge in [0.2, 0.25) is 0 Å². The molecule has 0 spiro atoms. The highest BCUT2D eigenvalue weighted by molar-refractivity contribution is 9.10. The van der Waals surface area contributed by atoms with Crippen molar-refractivity contribution in [1.29, 1.82) is 0 Å². The number of hydrogen-bond donors (Lipinski definition) is 1. The van der Waals surface area contributed by atoms with Gasteiger partial charge < -0.3 is 5.32 Å². The fourth-order valence-electron chi connectivity index (χ4n) is 1.85.